The molecule has 0 aromatic rings. The standard InChI is InChI=1S/C8H14O2/c1-4-7(5-9)8(10)6(2)3/h6,8-10H,1,5H2,2-3H3. The molecular formula is C8H14O2. The third-order valence-electron chi connectivity index (χ3n) is 1.39. The quantitative estimate of drug-likeness (QED) is 0.570. The minimum absolute atomic E-state index is 0.108. The molecule has 10 heavy (non-hydrogen) atoms. The van der Waals surface area contributed by atoms with Crippen LogP contribution in [0.3, 0.4) is 0 Å². The molecule has 0 bridgehead atoms. The van der Waals surface area contributed by atoms with Crippen LogP contribution in [0.4, 0.5) is 0 Å². The molecule has 0 aliphatic carbocycles. The zero-order valence-corrected chi connectivity index (χ0v) is 6.46. The Kier molecular flexibility index (Phi) is 4.05. The van der Waals surface area contributed by atoms with E-state index in [1.165, 1.54) is 0 Å². The smallest absolute Gasteiger partial charge is 0.0869 e. The molecule has 0 rings (SSSR count). The van der Waals surface area contributed by atoms with Crippen molar-refractivity contribution in [1.82, 2.24) is 0 Å². The van der Waals surface area contributed by atoms with E-state index in [9.17, 15) is 5.11 Å². The van der Waals surface area contributed by atoms with E-state index in [0.717, 1.165) is 0 Å². The van der Waals surface area contributed by atoms with Gasteiger partial charge in [-0.1, -0.05) is 20.4 Å². The summed E-state index contributed by atoms with van der Waals surface area (Å²) in [6, 6.07) is 0. The minimum atomic E-state index is -0.609. The van der Waals surface area contributed by atoms with Gasteiger partial charge < -0.3 is 10.2 Å². The first kappa shape index (κ1) is 9.44. The SMILES string of the molecule is C=C=C(CO)C(O)C(C)C. The Bertz CT molecular complexity index is 143. The van der Waals surface area contributed by atoms with Crippen LogP contribution in [0, 0.1) is 5.92 Å². The third-order valence-corrected chi connectivity index (χ3v) is 1.39. The van der Waals surface area contributed by atoms with E-state index in [1.807, 2.05) is 13.8 Å². The van der Waals surface area contributed by atoms with Crippen molar-refractivity contribution in [1.29, 1.82) is 0 Å². The van der Waals surface area contributed by atoms with Crippen LogP contribution in [-0.4, -0.2) is 22.9 Å². The molecule has 2 nitrogen and oxygen atoms in total. The summed E-state index contributed by atoms with van der Waals surface area (Å²) >= 11 is 0. The molecule has 0 aromatic carbocycles. The van der Waals surface area contributed by atoms with Crippen molar-refractivity contribution in [2.75, 3.05) is 6.61 Å². The summed E-state index contributed by atoms with van der Waals surface area (Å²) in [6.07, 6.45) is -0.609. The molecule has 0 saturated heterocycles. The highest BCUT2D eigenvalue weighted by molar-refractivity contribution is 5.06. The van der Waals surface area contributed by atoms with Gasteiger partial charge in [-0.2, -0.15) is 0 Å². The summed E-state index contributed by atoms with van der Waals surface area (Å²) in [5, 5.41) is 17.9. The van der Waals surface area contributed by atoms with Crippen LogP contribution in [0.5, 0.6) is 0 Å². The molecule has 1 atom stereocenters. The zero-order valence-electron chi connectivity index (χ0n) is 6.46. The number of aliphatic hydroxyl groups is 2. The summed E-state index contributed by atoms with van der Waals surface area (Å²) in [5.41, 5.74) is 2.97. The van der Waals surface area contributed by atoms with Gasteiger partial charge in [0.2, 0.25) is 0 Å². The molecule has 0 spiro atoms. The number of rotatable bonds is 3. The monoisotopic (exact) mass is 142 g/mol. The highest BCUT2D eigenvalue weighted by atomic mass is 16.3. The maximum atomic E-state index is 9.29. The normalized spacial score (nSPS) is 12.9. The summed E-state index contributed by atoms with van der Waals surface area (Å²) in [4.78, 5) is 0. The number of aliphatic hydroxyl groups excluding tert-OH is 2. The number of hydrogen-bond donors (Lipinski definition) is 2. The second kappa shape index (κ2) is 4.29. The molecule has 0 heterocycles. The van der Waals surface area contributed by atoms with Crippen LogP contribution in [0.15, 0.2) is 17.9 Å². The highest BCUT2D eigenvalue weighted by Crippen LogP contribution is 2.09. The molecule has 0 saturated carbocycles. The Morgan fingerprint density at radius 1 is 1.60 bits per heavy atom. The predicted octanol–water partition coefficient (Wildman–Crippen LogP) is 0.707. The average molecular weight is 142 g/mol. The first-order valence-corrected chi connectivity index (χ1v) is 3.31. The van der Waals surface area contributed by atoms with Gasteiger partial charge in [-0.3, -0.25) is 0 Å². The lowest BCUT2D eigenvalue weighted by Crippen LogP contribution is -2.19. The first-order valence-electron chi connectivity index (χ1n) is 3.31. The van der Waals surface area contributed by atoms with Gasteiger partial charge in [0.15, 0.2) is 0 Å². The molecule has 0 fully saturated rings. The third kappa shape index (κ3) is 2.36. The Morgan fingerprint density at radius 3 is 2.20 bits per heavy atom. The van der Waals surface area contributed by atoms with E-state index in [0.29, 0.717) is 5.57 Å². The maximum absolute atomic E-state index is 9.29. The van der Waals surface area contributed by atoms with Gasteiger partial charge in [0, 0.05) is 5.57 Å². The summed E-state index contributed by atoms with van der Waals surface area (Å²) in [6.45, 7) is 6.93. The molecule has 58 valence electrons. The van der Waals surface area contributed by atoms with Gasteiger partial charge in [-0.05, 0) is 5.92 Å². The summed E-state index contributed by atoms with van der Waals surface area (Å²) in [5.74, 6) is 0.108. The van der Waals surface area contributed by atoms with Gasteiger partial charge in [-0.15, -0.1) is 5.73 Å². The topological polar surface area (TPSA) is 40.5 Å². The van der Waals surface area contributed by atoms with E-state index in [2.05, 4.69) is 12.3 Å². The summed E-state index contributed by atoms with van der Waals surface area (Å²) in [7, 11) is 0. The zero-order chi connectivity index (χ0) is 8.15. The van der Waals surface area contributed by atoms with Crippen molar-refractivity contribution >= 4 is 0 Å². The molecule has 0 aliphatic heterocycles. The molecule has 2 N–H and O–H groups in total. The van der Waals surface area contributed by atoms with E-state index < -0.39 is 6.10 Å². The van der Waals surface area contributed by atoms with E-state index in [1.54, 1.807) is 0 Å². The fraction of sp³-hybridized carbons (Fsp3) is 0.625. The molecule has 1 unspecified atom stereocenters. The lowest BCUT2D eigenvalue weighted by atomic mass is 10.0. The van der Waals surface area contributed by atoms with Crippen LogP contribution in [0.2, 0.25) is 0 Å². The van der Waals surface area contributed by atoms with Gasteiger partial charge in [0.1, 0.15) is 0 Å². The molecule has 2 heteroatoms. The van der Waals surface area contributed by atoms with Gasteiger partial charge in [-0.25, -0.2) is 0 Å². The molecule has 0 amide bonds. The number of hydrogen-bond acceptors (Lipinski definition) is 2. The van der Waals surface area contributed by atoms with Gasteiger partial charge in [0.25, 0.3) is 0 Å². The van der Waals surface area contributed by atoms with E-state index in [-0.39, 0.29) is 12.5 Å². The molecular weight excluding hydrogens is 128 g/mol. The van der Waals surface area contributed by atoms with Crippen LogP contribution < -0.4 is 0 Å². The predicted molar refractivity (Wildman–Crippen MR) is 40.6 cm³/mol. The second-order valence-electron chi connectivity index (χ2n) is 2.55. The van der Waals surface area contributed by atoms with Crippen LogP contribution >= 0.6 is 0 Å². The maximum Gasteiger partial charge on any atom is 0.0869 e. The van der Waals surface area contributed by atoms with Crippen molar-refractivity contribution < 1.29 is 10.2 Å². The average Bonchev–Trinajstić information content (AvgIpc) is 1.90. The van der Waals surface area contributed by atoms with E-state index in [4.69, 9.17) is 5.11 Å². The molecule has 0 aliphatic rings. The van der Waals surface area contributed by atoms with Crippen molar-refractivity contribution in [3.05, 3.63) is 17.9 Å². The molecule has 0 radical (unpaired) electrons. The highest BCUT2D eigenvalue weighted by Gasteiger charge is 2.12. The van der Waals surface area contributed by atoms with Crippen molar-refractivity contribution in [3.63, 3.8) is 0 Å². The Morgan fingerprint density at radius 2 is 2.10 bits per heavy atom. The van der Waals surface area contributed by atoms with Crippen LogP contribution in [0.1, 0.15) is 13.8 Å². The van der Waals surface area contributed by atoms with E-state index >= 15 is 0 Å². The van der Waals surface area contributed by atoms with Crippen LogP contribution in [0.25, 0.3) is 0 Å². The molecule has 0 aromatic heterocycles. The van der Waals surface area contributed by atoms with Crippen molar-refractivity contribution in [2.24, 2.45) is 5.92 Å². The van der Waals surface area contributed by atoms with Crippen LogP contribution in [-0.2, 0) is 0 Å². The van der Waals surface area contributed by atoms with Crippen molar-refractivity contribution in [2.45, 2.75) is 20.0 Å². The first-order chi connectivity index (χ1) is 4.63. The van der Waals surface area contributed by atoms with Gasteiger partial charge in [0.05, 0.1) is 12.7 Å². The largest absolute Gasteiger partial charge is 0.391 e. The van der Waals surface area contributed by atoms with Gasteiger partial charge >= 0.3 is 0 Å². The van der Waals surface area contributed by atoms with Crippen molar-refractivity contribution in [3.8, 4) is 0 Å². The summed E-state index contributed by atoms with van der Waals surface area (Å²) < 4.78 is 0. The second-order valence-corrected chi connectivity index (χ2v) is 2.55. The lowest BCUT2D eigenvalue weighted by molar-refractivity contribution is 0.143. The fourth-order valence-corrected chi connectivity index (χ4v) is 0.656. The lowest BCUT2D eigenvalue weighted by Gasteiger charge is -2.14. The Hall–Kier alpha value is -0.560. The Balaban J connectivity index is 4.17. The Labute approximate surface area is 61.5 Å². The minimum Gasteiger partial charge on any atom is -0.391 e. The fourth-order valence-electron chi connectivity index (χ4n) is 0.656.